The average Bonchev–Trinajstić information content (AvgIpc) is 3.46. The van der Waals surface area contributed by atoms with E-state index in [1.165, 1.54) is 62.5 Å². The van der Waals surface area contributed by atoms with Gasteiger partial charge in [0.05, 0.1) is 18.2 Å². The van der Waals surface area contributed by atoms with Gasteiger partial charge in [-0.3, -0.25) is 4.68 Å². The van der Waals surface area contributed by atoms with Crippen LogP contribution in [0.2, 0.25) is 0 Å². The van der Waals surface area contributed by atoms with Crippen molar-refractivity contribution in [1.29, 1.82) is 0 Å². The molecule has 0 saturated heterocycles. The molecule has 6 nitrogen and oxygen atoms in total. The Morgan fingerprint density at radius 1 is 1.11 bits per heavy atom. The van der Waals surface area contributed by atoms with E-state index in [0.717, 1.165) is 34.9 Å². The highest BCUT2D eigenvalue weighted by Gasteiger charge is 2.52. The second kappa shape index (κ2) is 9.06. The molecule has 0 atom stereocenters. The molecule has 0 unspecified atom stereocenters. The lowest BCUT2D eigenvalue weighted by atomic mass is 9.53. The Morgan fingerprint density at radius 3 is 2.46 bits per heavy atom. The minimum Gasteiger partial charge on any atom is -0.465 e. The fraction of sp³-hybridized carbons (Fsp3) is 0.444. The number of nitrogens with zero attached hydrogens (tertiary/aromatic N) is 2. The fourth-order valence-electron chi connectivity index (χ4n) is 6.93. The van der Waals surface area contributed by atoms with Crippen LogP contribution < -0.4 is 10.6 Å². The van der Waals surface area contributed by atoms with Crippen LogP contribution in [0.1, 0.15) is 59.3 Å². The van der Waals surface area contributed by atoms with Crippen molar-refractivity contribution in [3.63, 3.8) is 0 Å². The molecule has 4 fully saturated rings. The van der Waals surface area contributed by atoms with Gasteiger partial charge in [0.25, 0.3) is 0 Å². The number of methoxy groups -OCH3 is 1. The van der Waals surface area contributed by atoms with E-state index in [1.807, 2.05) is 30.3 Å². The molecule has 0 aliphatic heterocycles. The van der Waals surface area contributed by atoms with Crippen LogP contribution in [0.4, 0.5) is 10.8 Å². The number of rotatable bonds is 6. The molecule has 0 spiro atoms. The summed E-state index contributed by atoms with van der Waals surface area (Å²) in [6.45, 7) is 0. The summed E-state index contributed by atoms with van der Waals surface area (Å²) in [4.78, 5) is 13.5. The Morgan fingerprint density at radius 2 is 1.80 bits per heavy atom. The Kier molecular flexibility index (Phi) is 5.89. The second-order valence-corrected chi connectivity index (χ2v) is 12.0. The Labute approximate surface area is 215 Å². The Balaban J connectivity index is 1.16. The summed E-state index contributed by atoms with van der Waals surface area (Å²) in [5, 5.41) is 12.4. The number of esters is 1. The molecule has 7 rings (SSSR count). The van der Waals surface area contributed by atoms with Crippen LogP contribution in [-0.2, 0) is 16.7 Å². The van der Waals surface area contributed by atoms with Gasteiger partial charge in [0.15, 0.2) is 10.9 Å². The van der Waals surface area contributed by atoms with Crippen LogP contribution in [0, 0.1) is 17.8 Å². The number of carbonyl (C=O) groups excluding carboxylic acids is 1. The number of carbonyl (C=O) groups is 1. The van der Waals surface area contributed by atoms with Crippen molar-refractivity contribution in [2.75, 3.05) is 17.7 Å². The van der Waals surface area contributed by atoms with Gasteiger partial charge in [-0.2, -0.15) is 5.10 Å². The van der Waals surface area contributed by atoms with Crippen molar-refractivity contribution in [1.82, 2.24) is 9.78 Å². The van der Waals surface area contributed by atoms with Gasteiger partial charge in [0.2, 0.25) is 0 Å². The summed E-state index contributed by atoms with van der Waals surface area (Å²) in [5.74, 6) is 2.96. The van der Waals surface area contributed by atoms with Crippen LogP contribution >= 0.6 is 23.6 Å². The Bertz CT molecular complexity index is 1210. The van der Waals surface area contributed by atoms with E-state index in [1.54, 1.807) is 0 Å². The monoisotopic (exact) mass is 506 g/mol. The van der Waals surface area contributed by atoms with Crippen LogP contribution in [0.15, 0.2) is 48.7 Å². The maximum atomic E-state index is 12.4. The summed E-state index contributed by atoms with van der Waals surface area (Å²) < 4.78 is 7.22. The molecular formula is C27H30N4O2S2. The number of thiocarbonyl (C=S) groups is 1. The summed E-state index contributed by atoms with van der Waals surface area (Å²) in [5.41, 5.74) is 1.86. The van der Waals surface area contributed by atoms with Crippen molar-refractivity contribution >= 4 is 45.5 Å². The van der Waals surface area contributed by atoms with E-state index in [4.69, 9.17) is 22.1 Å². The van der Waals surface area contributed by atoms with Gasteiger partial charge < -0.3 is 15.4 Å². The first kappa shape index (κ1) is 22.7. The molecule has 0 amide bonds. The average molecular weight is 507 g/mol. The van der Waals surface area contributed by atoms with Gasteiger partial charge in [0.1, 0.15) is 5.00 Å². The van der Waals surface area contributed by atoms with Crippen molar-refractivity contribution in [3.8, 4) is 0 Å². The minimum absolute atomic E-state index is 0.182. The van der Waals surface area contributed by atoms with Gasteiger partial charge in [-0.1, -0.05) is 30.3 Å². The fourth-order valence-corrected chi connectivity index (χ4v) is 8.29. The summed E-state index contributed by atoms with van der Waals surface area (Å²) >= 11 is 7.12. The molecule has 4 saturated carbocycles. The first-order valence-corrected chi connectivity index (χ1v) is 13.6. The molecule has 35 heavy (non-hydrogen) atoms. The first-order chi connectivity index (χ1) is 17.0. The SMILES string of the molecule is COC(=O)c1cc(Cc2ccccc2)sc1NC(=S)Nc1ccn(C23CC4CC(CC(C4)C2)C3)n1. The molecule has 2 N–H and O–H groups in total. The number of anilines is 2. The largest absolute Gasteiger partial charge is 0.465 e. The summed E-state index contributed by atoms with van der Waals surface area (Å²) in [6, 6.07) is 14.1. The van der Waals surface area contributed by atoms with Gasteiger partial charge >= 0.3 is 5.97 Å². The van der Waals surface area contributed by atoms with E-state index in [9.17, 15) is 4.79 Å². The smallest absolute Gasteiger partial charge is 0.340 e. The number of nitrogens with one attached hydrogen (secondary N) is 2. The standard InChI is InChI=1S/C27H30N4O2S2/c1-33-25(32)22-13-21(12-17-5-3-2-4-6-17)35-24(22)29-26(34)28-23-7-8-31(30-23)27-14-18-9-19(15-27)11-20(10-18)16-27/h2-8,13,18-20H,9-12,14-16H2,1H3,(H2,28,29,30,34). The van der Waals surface area contributed by atoms with E-state index >= 15 is 0 Å². The van der Waals surface area contributed by atoms with Crippen molar-refractivity contribution in [2.24, 2.45) is 17.8 Å². The highest BCUT2D eigenvalue weighted by atomic mass is 32.1. The first-order valence-electron chi connectivity index (χ1n) is 12.4. The Hall–Kier alpha value is -2.71. The van der Waals surface area contributed by atoms with Gasteiger partial charge in [-0.15, -0.1) is 11.3 Å². The number of thiophene rings is 1. The molecule has 4 aliphatic rings. The molecule has 1 aromatic carbocycles. The highest BCUT2D eigenvalue weighted by molar-refractivity contribution is 7.80. The number of benzene rings is 1. The molecule has 3 aromatic rings. The lowest BCUT2D eigenvalue weighted by Crippen LogP contribution is -2.52. The second-order valence-electron chi connectivity index (χ2n) is 10.5. The van der Waals surface area contributed by atoms with E-state index in [-0.39, 0.29) is 11.5 Å². The minimum atomic E-state index is -0.378. The number of aromatic nitrogens is 2. The maximum Gasteiger partial charge on any atom is 0.340 e. The summed E-state index contributed by atoms with van der Waals surface area (Å²) in [6.07, 6.45) is 10.9. The highest BCUT2D eigenvalue weighted by Crippen LogP contribution is 2.58. The molecule has 4 aliphatic carbocycles. The predicted octanol–water partition coefficient (Wildman–Crippen LogP) is 6.06. The number of hydrogen-bond donors (Lipinski definition) is 2. The molecule has 2 aromatic heterocycles. The quantitative estimate of drug-likeness (QED) is 0.313. The van der Waals surface area contributed by atoms with E-state index < -0.39 is 0 Å². The number of ether oxygens (including phenoxy) is 1. The van der Waals surface area contributed by atoms with Gasteiger partial charge in [0, 0.05) is 23.6 Å². The molecule has 4 bridgehead atoms. The molecule has 0 radical (unpaired) electrons. The van der Waals surface area contributed by atoms with Crippen LogP contribution in [0.25, 0.3) is 0 Å². The number of hydrogen-bond acceptors (Lipinski definition) is 5. The van der Waals surface area contributed by atoms with Crippen molar-refractivity contribution in [2.45, 2.75) is 50.5 Å². The maximum absolute atomic E-state index is 12.4. The molecule has 182 valence electrons. The predicted molar refractivity (Wildman–Crippen MR) is 143 cm³/mol. The van der Waals surface area contributed by atoms with E-state index in [0.29, 0.717) is 15.7 Å². The van der Waals surface area contributed by atoms with Crippen LogP contribution in [0.5, 0.6) is 0 Å². The topological polar surface area (TPSA) is 68.2 Å². The zero-order chi connectivity index (χ0) is 24.0. The third-order valence-electron chi connectivity index (χ3n) is 7.96. The summed E-state index contributed by atoms with van der Waals surface area (Å²) in [7, 11) is 1.40. The molecule has 8 heteroatoms. The molecular weight excluding hydrogens is 476 g/mol. The van der Waals surface area contributed by atoms with Crippen LogP contribution in [-0.4, -0.2) is 28.0 Å². The molecule has 2 heterocycles. The normalized spacial score (nSPS) is 26.5. The third-order valence-corrected chi connectivity index (χ3v) is 9.21. The van der Waals surface area contributed by atoms with Crippen molar-refractivity contribution in [3.05, 3.63) is 64.7 Å². The lowest BCUT2D eigenvalue weighted by Gasteiger charge is -2.56. The zero-order valence-electron chi connectivity index (χ0n) is 19.8. The lowest BCUT2D eigenvalue weighted by molar-refractivity contribution is -0.0492. The van der Waals surface area contributed by atoms with Crippen molar-refractivity contribution < 1.29 is 9.53 Å². The third kappa shape index (κ3) is 4.49. The zero-order valence-corrected chi connectivity index (χ0v) is 21.5. The van der Waals surface area contributed by atoms with E-state index in [2.05, 4.69) is 33.6 Å². The van der Waals surface area contributed by atoms with Gasteiger partial charge in [-0.05, 0) is 80.1 Å². The van der Waals surface area contributed by atoms with Gasteiger partial charge in [-0.25, -0.2) is 4.79 Å². The van der Waals surface area contributed by atoms with Crippen LogP contribution in [0.3, 0.4) is 0 Å².